The van der Waals surface area contributed by atoms with Crippen molar-refractivity contribution < 1.29 is 19.4 Å². The SMILES string of the molecule is CCC1CCC(C(=O)NC(CCOC)C(=O)O)CC1. The van der Waals surface area contributed by atoms with E-state index in [1.807, 2.05) is 0 Å². The molecule has 0 aromatic heterocycles. The van der Waals surface area contributed by atoms with Crippen molar-refractivity contribution in [3.63, 3.8) is 0 Å². The van der Waals surface area contributed by atoms with Gasteiger partial charge < -0.3 is 15.2 Å². The molecular formula is C14H25NO4. The van der Waals surface area contributed by atoms with Crippen molar-refractivity contribution in [2.24, 2.45) is 11.8 Å². The Morgan fingerprint density at radius 1 is 1.32 bits per heavy atom. The molecule has 0 heterocycles. The van der Waals surface area contributed by atoms with Crippen molar-refractivity contribution in [2.45, 2.75) is 51.5 Å². The second kappa shape index (κ2) is 8.15. The fourth-order valence-electron chi connectivity index (χ4n) is 2.62. The zero-order valence-electron chi connectivity index (χ0n) is 11.9. The number of nitrogens with one attached hydrogen (secondary N) is 1. The minimum absolute atomic E-state index is 0.0211. The third kappa shape index (κ3) is 5.19. The van der Waals surface area contributed by atoms with Gasteiger partial charge in [0.05, 0.1) is 0 Å². The zero-order valence-corrected chi connectivity index (χ0v) is 11.9. The van der Waals surface area contributed by atoms with E-state index in [0.29, 0.717) is 13.0 Å². The first-order valence-corrected chi connectivity index (χ1v) is 7.10. The maximum absolute atomic E-state index is 12.1. The number of rotatable bonds is 7. The lowest BCUT2D eigenvalue weighted by molar-refractivity contribution is -0.143. The van der Waals surface area contributed by atoms with Gasteiger partial charge in [-0.05, 0) is 31.6 Å². The monoisotopic (exact) mass is 271 g/mol. The van der Waals surface area contributed by atoms with E-state index in [1.54, 1.807) is 0 Å². The first kappa shape index (κ1) is 16.0. The quantitative estimate of drug-likeness (QED) is 0.740. The van der Waals surface area contributed by atoms with Crippen molar-refractivity contribution in [2.75, 3.05) is 13.7 Å². The van der Waals surface area contributed by atoms with Gasteiger partial charge in [0.25, 0.3) is 0 Å². The van der Waals surface area contributed by atoms with E-state index in [9.17, 15) is 9.59 Å². The summed E-state index contributed by atoms with van der Waals surface area (Å²) in [6.07, 6.45) is 5.37. The van der Waals surface area contributed by atoms with Crippen LogP contribution in [0.5, 0.6) is 0 Å². The van der Waals surface area contributed by atoms with Crippen LogP contribution in [-0.2, 0) is 14.3 Å². The molecule has 0 bridgehead atoms. The van der Waals surface area contributed by atoms with Gasteiger partial charge in [-0.2, -0.15) is 0 Å². The van der Waals surface area contributed by atoms with Gasteiger partial charge in [0, 0.05) is 26.1 Å². The first-order chi connectivity index (χ1) is 9.08. The van der Waals surface area contributed by atoms with Crippen LogP contribution in [0.2, 0.25) is 0 Å². The van der Waals surface area contributed by atoms with Gasteiger partial charge in [-0.15, -0.1) is 0 Å². The van der Waals surface area contributed by atoms with Crippen molar-refractivity contribution in [3.8, 4) is 0 Å². The minimum atomic E-state index is -0.993. The van der Waals surface area contributed by atoms with Crippen LogP contribution < -0.4 is 5.32 Å². The van der Waals surface area contributed by atoms with E-state index in [4.69, 9.17) is 9.84 Å². The highest BCUT2D eigenvalue weighted by Gasteiger charge is 2.28. The van der Waals surface area contributed by atoms with E-state index in [1.165, 1.54) is 13.5 Å². The van der Waals surface area contributed by atoms with Gasteiger partial charge in [-0.25, -0.2) is 4.79 Å². The van der Waals surface area contributed by atoms with Gasteiger partial charge in [-0.3, -0.25) is 4.79 Å². The lowest BCUT2D eigenvalue weighted by Crippen LogP contribution is -2.44. The summed E-state index contributed by atoms with van der Waals surface area (Å²) < 4.78 is 4.86. The van der Waals surface area contributed by atoms with E-state index < -0.39 is 12.0 Å². The number of amides is 1. The number of carbonyl (C=O) groups is 2. The first-order valence-electron chi connectivity index (χ1n) is 7.10. The summed E-state index contributed by atoms with van der Waals surface area (Å²) in [5, 5.41) is 11.7. The van der Waals surface area contributed by atoms with Crippen LogP contribution in [-0.4, -0.2) is 36.7 Å². The number of hydrogen-bond donors (Lipinski definition) is 2. The molecule has 0 spiro atoms. The smallest absolute Gasteiger partial charge is 0.326 e. The minimum Gasteiger partial charge on any atom is -0.480 e. The molecule has 5 nitrogen and oxygen atoms in total. The number of ether oxygens (including phenoxy) is 1. The summed E-state index contributed by atoms with van der Waals surface area (Å²) in [4.78, 5) is 23.1. The highest BCUT2D eigenvalue weighted by Crippen LogP contribution is 2.30. The average molecular weight is 271 g/mol. The van der Waals surface area contributed by atoms with E-state index in [-0.39, 0.29) is 11.8 Å². The molecule has 19 heavy (non-hydrogen) atoms. The standard InChI is InChI=1S/C14H25NO4/c1-3-10-4-6-11(7-5-10)13(16)15-12(14(17)18)8-9-19-2/h10-12H,3-9H2,1-2H3,(H,15,16)(H,17,18). The summed E-state index contributed by atoms with van der Waals surface area (Å²) >= 11 is 0. The summed E-state index contributed by atoms with van der Waals surface area (Å²) in [5.41, 5.74) is 0. The summed E-state index contributed by atoms with van der Waals surface area (Å²) in [6, 6.07) is -0.837. The second-order valence-corrected chi connectivity index (χ2v) is 5.31. The lowest BCUT2D eigenvalue weighted by atomic mass is 9.80. The Kier molecular flexibility index (Phi) is 6.84. The Morgan fingerprint density at radius 2 is 1.95 bits per heavy atom. The fourth-order valence-corrected chi connectivity index (χ4v) is 2.62. The molecule has 0 aliphatic heterocycles. The molecule has 1 aliphatic rings. The molecule has 1 aliphatic carbocycles. The summed E-state index contributed by atoms with van der Waals surface area (Å²) in [7, 11) is 1.52. The Balaban J connectivity index is 2.42. The molecule has 0 saturated heterocycles. The molecule has 0 aromatic rings. The molecule has 1 saturated carbocycles. The number of aliphatic carboxylic acids is 1. The van der Waals surface area contributed by atoms with Crippen LogP contribution in [0.15, 0.2) is 0 Å². The van der Waals surface area contributed by atoms with Crippen LogP contribution >= 0.6 is 0 Å². The highest BCUT2D eigenvalue weighted by molar-refractivity contribution is 5.85. The molecule has 1 unspecified atom stereocenters. The molecule has 0 aromatic carbocycles. The molecule has 1 fully saturated rings. The third-order valence-electron chi connectivity index (χ3n) is 4.02. The van der Waals surface area contributed by atoms with E-state index in [2.05, 4.69) is 12.2 Å². The molecule has 1 rings (SSSR count). The fraction of sp³-hybridized carbons (Fsp3) is 0.857. The largest absolute Gasteiger partial charge is 0.480 e. The number of carboxylic acid groups (broad SMARTS) is 1. The van der Waals surface area contributed by atoms with Gasteiger partial charge in [0.15, 0.2) is 0 Å². The number of hydrogen-bond acceptors (Lipinski definition) is 3. The van der Waals surface area contributed by atoms with Gasteiger partial charge >= 0.3 is 5.97 Å². The second-order valence-electron chi connectivity index (χ2n) is 5.31. The molecule has 110 valence electrons. The van der Waals surface area contributed by atoms with Crippen LogP contribution in [0.1, 0.15) is 45.4 Å². The van der Waals surface area contributed by atoms with Gasteiger partial charge in [0.1, 0.15) is 6.04 Å². The van der Waals surface area contributed by atoms with Crippen LogP contribution in [0, 0.1) is 11.8 Å². The van der Waals surface area contributed by atoms with E-state index in [0.717, 1.165) is 31.6 Å². The zero-order chi connectivity index (χ0) is 14.3. The third-order valence-corrected chi connectivity index (χ3v) is 4.02. The Morgan fingerprint density at radius 3 is 2.42 bits per heavy atom. The summed E-state index contributed by atoms with van der Waals surface area (Å²) in [6.45, 7) is 2.51. The van der Waals surface area contributed by atoms with Crippen LogP contribution in [0.3, 0.4) is 0 Å². The van der Waals surface area contributed by atoms with Gasteiger partial charge in [0.2, 0.25) is 5.91 Å². The molecule has 5 heteroatoms. The number of carbonyl (C=O) groups excluding carboxylic acids is 1. The van der Waals surface area contributed by atoms with Crippen LogP contribution in [0.25, 0.3) is 0 Å². The van der Waals surface area contributed by atoms with Crippen molar-refractivity contribution in [1.29, 1.82) is 0 Å². The Hall–Kier alpha value is -1.10. The van der Waals surface area contributed by atoms with Crippen molar-refractivity contribution in [1.82, 2.24) is 5.32 Å². The van der Waals surface area contributed by atoms with E-state index >= 15 is 0 Å². The number of carboxylic acids is 1. The maximum atomic E-state index is 12.1. The average Bonchev–Trinajstić information content (AvgIpc) is 2.43. The summed E-state index contributed by atoms with van der Waals surface area (Å²) in [5.74, 6) is -0.397. The van der Waals surface area contributed by atoms with Gasteiger partial charge in [-0.1, -0.05) is 13.3 Å². The highest BCUT2D eigenvalue weighted by atomic mass is 16.5. The van der Waals surface area contributed by atoms with Crippen molar-refractivity contribution >= 4 is 11.9 Å². The Bertz CT molecular complexity index is 298. The van der Waals surface area contributed by atoms with Crippen molar-refractivity contribution in [3.05, 3.63) is 0 Å². The topological polar surface area (TPSA) is 75.6 Å². The maximum Gasteiger partial charge on any atom is 0.326 e. The predicted octanol–water partition coefficient (Wildman–Crippen LogP) is 1.81. The Labute approximate surface area is 114 Å². The molecular weight excluding hydrogens is 246 g/mol. The van der Waals surface area contributed by atoms with Crippen LogP contribution in [0.4, 0.5) is 0 Å². The molecule has 0 radical (unpaired) electrons. The molecule has 1 atom stereocenters. The lowest BCUT2D eigenvalue weighted by Gasteiger charge is -2.28. The number of methoxy groups -OCH3 is 1. The molecule has 2 N–H and O–H groups in total. The normalized spacial score (nSPS) is 24.7. The predicted molar refractivity (Wildman–Crippen MR) is 71.8 cm³/mol. The molecule has 1 amide bonds.